The summed E-state index contributed by atoms with van der Waals surface area (Å²) in [6.45, 7) is 4.18. The molecule has 0 unspecified atom stereocenters. The molecule has 0 spiro atoms. The summed E-state index contributed by atoms with van der Waals surface area (Å²) in [4.78, 5) is 19.8. The number of rotatable bonds is 9. The Labute approximate surface area is 181 Å². The molecule has 0 atom stereocenters. The van der Waals surface area contributed by atoms with Crippen molar-refractivity contribution in [3.05, 3.63) is 29.6 Å². The Morgan fingerprint density at radius 2 is 1.89 bits per heavy atom. The maximum atomic E-state index is 14.1. The van der Waals surface area contributed by atoms with Crippen molar-refractivity contribution in [1.29, 1.82) is 0 Å². The van der Waals surface area contributed by atoms with Crippen LogP contribution in [0.15, 0.2) is 23.2 Å². The van der Waals surface area contributed by atoms with Gasteiger partial charge in [0.15, 0.2) is 5.96 Å². The molecule has 160 valence electrons. The molecule has 1 aromatic rings. The highest BCUT2D eigenvalue weighted by Crippen LogP contribution is 2.24. The zero-order chi connectivity index (χ0) is 20.4. The standard InChI is InChI=1S/C18H27F3N4O2.HI/c1-5-22-18(24(4)12-16(26)25(6-2)7-3)23-11-13-14(19)9-8-10-15(13)27-17(20)21;/h8-10,17H,5-7,11-12H2,1-4H3,(H,22,23);1H. The van der Waals surface area contributed by atoms with Gasteiger partial charge in [-0.3, -0.25) is 4.79 Å². The number of carbonyl (C=O) groups is 1. The minimum absolute atomic E-state index is 0. The van der Waals surface area contributed by atoms with Crippen LogP contribution in [-0.2, 0) is 11.3 Å². The molecule has 0 bridgehead atoms. The maximum absolute atomic E-state index is 14.1. The molecule has 1 amide bonds. The first-order valence-corrected chi connectivity index (χ1v) is 8.83. The molecular weight excluding hydrogens is 488 g/mol. The van der Waals surface area contributed by atoms with Crippen molar-refractivity contribution in [2.75, 3.05) is 33.2 Å². The minimum atomic E-state index is -3.06. The molecule has 0 heterocycles. The molecule has 0 saturated heterocycles. The molecule has 1 aromatic carbocycles. The van der Waals surface area contributed by atoms with E-state index in [1.54, 1.807) is 16.8 Å². The molecule has 0 aliphatic heterocycles. The molecule has 0 radical (unpaired) electrons. The van der Waals surface area contributed by atoms with Gasteiger partial charge in [0.05, 0.1) is 18.7 Å². The van der Waals surface area contributed by atoms with Crippen molar-refractivity contribution in [3.63, 3.8) is 0 Å². The highest BCUT2D eigenvalue weighted by atomic mass is 127. The summed E-state index contributed by atoms with van der Waals surface area (Å²) in [6, 6.07) is 3.71. The lowest BCUT2D eigenvalue weighted by molar-refractivity contribution is -0.131. The molecule has 1 rings (SSSR count). The zero-order valence-electron chi connectivity index (χ0n) is 16.5. The summed E-state index contributed by atoms with van der Waals surface area (Å²) in [5, 5.41) is 3.01. The Bertz CT molecular complexity index is 643. The Morgan fingerprint density at radius 3 is 2.43 bits per heavy atom. The quantitative estimate of drug-likeness (QED) is 0.311. The van der Waals surface area contributed by atoms with E-state index in [0.29, 0.717) is 25.6 Å². The topological polar surface area (TPSA) is 57.2 Å². The van der Waals surface area contributed by atoms with E-state index in [1.807, 2.05) is 20.8 Å². The molecule has 6 nitrogen and oxygen atoms in total. The van der Waals surface area contributed by atoms with Crippen LogP contribution in [0.1, 0.15) is 26.3 Å². The van der Waals surface area contributed by atoms with Gasteiger partial charge in [0.2, 0.25) is 5.91 Å². The van der Waals surface area contributed by atoms with E-state index in [4.69, 9.17) is 0 Å². The largest absolute Gasteiger partial charge is 0.434 e. The number of aliphatic imine (C=N–C) groups is 1. The maximum Gasteiger partial charge on any atom is 0.387 e. The number of halogens is 4. The molecule has 0 aromatic heterocycles. The fourth-order valence-corrected chi connectivity index (χ4v) is 2.48. The van der Waals surface area contributed by atoms with Crippen LogP contribution in [0.5, 0.6) is 5.75 Å². The average molecular weight is 516 g/mol. The van der Waals surface area contributed by atoms with Crippen LogP contribution in [0.4, 0.5) is 13.2 Å². The first-order valence-electron chi connectivity index (χ1n) is 8.83. The normalized spacial score (nSPS) is 11.1. The molecule has 0 aliphatic rings. The lowest BCUT2D eigenvalue weighted by atomic mass is 10.2. The molecule has 0 aliphatic carbocycles. The molecule has 0 fully saturated rings. The first-order chi connectivity index (χ1) is 12.8. The Kier molecular flexibility index (Phi) is 12.6. The van der Waals surface area contributed by atoms with Gasteiger partial charge < -0.3 is 19.9 Å². The number of likely N-dealkylation sites (N-methyl/N-ethyl adjacent to an activating group) is 2. The van der Waals surface area contributed by atoms with Crippen LogP contribution in [-0.4, -0.2) is 61.5 Å². The van der Waals surface area contributed by atoms with Crippen molar-refractivity contribution in [2.45, 2.75) is 33.9 Å². The summed E-state index contributed by atoms with van der Waals surface area (Å²) in [5.74, 6) is -0.647. The smallest absolute Gasteiger partial charge is 0.387 e. The zero-order valence-corrected chi connectivity index (χ0v) is 18.9. The second-order valence-electron chi connectivity index (χ2n) is 5.69. The number of amides is 1. The number of carbonyl (C=O) groups excluding carboxylic acids is 1. The number of hydrogen-bond donors (Lipinski definition) is 1. The van der Waals surface area contributed by atoms with Crippen molar-refractivity contribution in [1.82, 2.24) is 15.1 Å². The number of hydrogen-bond acceptors (Lipinski definition) is 3. The van der Waals surface area contributed by atoms with Crippen LogP contribution in [0, 0.1) is 5.82 Å². The van der Waals surface area contributed by atoms with Crippen LogP contribution in [0.25, 0.3) is 0 Å². The van der Waals surface area contributed by atoms with Gasteiger partial charge in [-0.2, -0.15) is 8.78 Å². The highest BCUT2D eigenvalue weighted by molar-refractivity contribution is 14.0. The van der Waals surface area contributed by atoms with Crippen LogP contribution < -0.4 is 10.1 Å². The third kappa shape index (κ3) is 8.11. The van der Waals surface area contributed by atoms with Gasteiger partial charge in [-0.05, 0) is 32.9 Å². The van der Waals surface area contributed by atoms with Crippen molar-refractivity contribution in [3.8, 4) is 5.75 Å². The number of benzene rings is 1. The third-order valence-corrected chi connectivity index (χ3v) is 3.86. The van der Waals surface area contributed by atoms with E-state index >= 15 is 0 Å². The predicted octanol–water partition coefficient (Wildman–Crippen LogP) is 3.31. The van der Waals surface area contributed by atoms with Crippen LogP contribution >= 0.6 is 24.0 Å². The number of nitrogens with one attached hydrogen (secondary N) is 1. The van der Waals surface area contributed by atoms with E-state index < -0.39 is 12.4 Å². The number of ether oxygens (including phenoxy) is 1. The second kappa shape index (κ2) is 13.5. The van der Waals surface area contributed by atoms with Gasteiger partial charge >= 0.3 is 6.61 Å². The number of guanidine groups is 1. The SMILES string of the molecule is CCNC(=NCc1c(F)cccc1OC(F)F)N(C)CC(=O)N(CC)CC.I. The van der Waals surface area contributed by atoms with E-state index in [9.17, 15) is 18.0 Å². The molecule has 0 saturated carbocycles. The van der Waals surface area contributed by atoms with Crippen molar-refractivity contribution >= 4 is 35.8 Å². The van der Waals surface area contributed by atoms with Crippen molar-refractivity contribution < 1.29 is 22.7 Å². The lowest BCUT2D eigenvalue weighted by Gasteiger charge is -2.25. The lowest BCUT2D eigenvalue weighted by Crippen LogP contribution is -2.45. The average Bonchev–Trinajstić information content (AvgIpc) is 2.60. The number of nitrogens with zero attached hydrogens (tertiary/aromatic N) is 3. The summed E-state index contributed by atoms with van der Waals surface area (Å²) in [6.07, 6.45) is 0. The van der Waals surface area contributed by atoms with Crippen molar-refractivity contribution in [2.24, 2.45) is 4.99 Å². The first kappa shape index (κ1) is 26.3. The Balaban J connectivity index is 0.00000729. The van der Waals surface area contributed by atoms with E-state index in [0.717, 1.165) is 6.07 Å². The number of alkyl halides is 2. The van der Waals surface area contributed by atoms with Gasteiger partial charge in [-0.15, -0.1) is 24.0 Å². The monoisotopic (exact) mass is 516 g/mol. The Morgan fingerprint density at radius 1 is 1.25 bits per heavy atom. The van der Waals surface area contributed by atoms with E-state index in [1.165, 1.54) is 12.1 Å². The molecular formula is C18H28F3IN4O2. The van der Waals surface area contributed by atoms with Crippen LogP contribution in [0.3, 0.4) is 0 Å². The van der Waals surface area contributed by atoms with Gasteiger partial charge in [0.1, 0.15) is 11.6 Å². The van der Waals surface area contributed by atoms with Gasteiger partial charge in [-0.25, -0.2) is 9.38 Å². The summed E-state index contributed by atoms with van der Waals surface area (Å²) >= 11 is 0. The molecule has 1 N–H and O–H groups in total. The highest BCUT2D eigenvalue weighted by Gasteiger charge is 2.17. The fourth-order valence-electron chi connectivity index (χ4n) is 2.48. The minimum Gasteiger partial charge on any atom is -0.434 e. The summed E-state index contributed by atoms with van der Waals surface area (Å²) in [7, 11) is 1.68. The summed E-state index contributed by atoms with van der Waals surface area (Å²) in [5.41, 5.74) is -0.0725. The van der Waals surface area contributed by atoms with Crippen LogP contribution in [0.2, 0.25) is 0 Å². The van der Waals surface area contributed by atoms with Gasteiger partial charge in [-0.1, -0.05) is 6.07 Å². The summed E-state index contributed by atoms with van der Waals surface area (Å²) < 4.78 is 43.5. The third-order valence-electron chi connectivity index (χ3n) is 3.86. The van der Waals surface area contributed by atoms with Gasteiger partial charge in [0.25, 0.3) is 0 Å². The second-order valence-corrected chi connectivity index (χ2v) is 5.69. The molecule has 28 heavy (non-hydrogen) atoms. The molecule has 10 heteroatoms. The van der Waals surface area contributed by atoms with Gasteiger partial charge in [0, 0.05) is 26.7 Å². The Hall–Kier alpha value is -1.72. The van der Waals surface area contributed by atoms with E-state index in [2.05, 4.69) is 15.0 Å². The fraction of sp³-hybridized carbons (Fsp3) is 0.556. The van der Waals surface area contributed by atoms with E-state index in [-0.39, 0.29) is 54.3 Å². The predicted molar refractivity (Wildman–Crippen MR) is 114 cm³/mol.